The van der Waals surface area contributed by atoms with Gasteiger partial charge in [-0.1, -0.05) is 30.3 Å². The van der Waals surface area contributed by atoms with Crippen LogP contribution >= 0.6 is 0 Å². The van der Waals surface area contributed by atoms with Gasteiger partial charge in [0.05, 0.1) is 7.11 Å². The van der Waals surface area contributed by atoms with Gasteiger partial charge in [0.15, 0.2) is 6.10 Å². The van der Waals surface area contributed by atoms with Gasteiger partial charge in [-0.3, -0.25) is 4.79 Å². The number of nitrogens with zero attached hydrogens (tertiary/aromatic N) is 1. The van der Waals surface area contributed by atoms with Crippen LogP contribution in [0.3, 0.4) is 0 Å². The summed E-state index contributed by atoms with van der Waals surface area (Å²) in [5, 5.41) is 0. The Morgan fingerprint density at radius 2 is 1.68 bits per heavy atom. The highest BCUT2D eigenvalue weighted by Gasteiger charge is 2.19. The molecule has 0 aliphatic heterocycles. The van der Waals surface area contributed by atoms with Crippen LogP contribution in [0.2, 0.25) is 0 Å². The third-order valence-corrected chi connectivity index (χ3v) is 3.36. The normalized spacial score (nSPS) is 11.6. The lowest BCUT2D eigenvalue weighted by Crippen LogP contribution is -2.37. The molecular formula is C18H21NO3. The summed E-state index contributed by atoms with van der Waals surface area (Å²) < 4.78 is 10.8. The minimum Gasteiger partial charge on any atom is -0.497 e. The lowest BCUT2D eigenvalue weighted by atomic mass is 10.2. The van der Waals surface area contributed by atoms with Crippen molar-refractivity contribution in [2.45, 2.75) is 19.6 Å². The topological polar surface area (TPSA) is 38.8 Å². The number of methoxy groups -OCH3 is 1. The van der Waals surface area contributed by atoms with Gasteiger partial charge in [-0.25, -0.2) is 0 Å². The first-order valence-corrected chi connectivity index (χ1v) is 7.20. The fraction of sp³-hybridized carbons (Fsp3) is 0.278. The molecular weight excluding hydrogens is 278 g/mol. The molecule has 4 nitrogen and oxygen atoms in total. The Hall–Kier alpha value is -2.49. The van der Waals surface area contributed by atoms with Crippen LogP contribution in [0.4, 0.5) is 0 Å². The van der Waals surface area contributed by atoms with Crippen molar-refractivity contribution in [3.8, 4) is 11.5 Å². The van der Waals surface area contributed by atoms with Crippen molar-refractivity contribution < 1.29 is 14.3 Å². The van der Waals surface area contributed by atoms with Crippen LogP contribution in [0.15, 0.2) is 54.6 Å². The van der Waals surface area contributed by atoms with E-state index in [0.29, 0.717) is 12.3 Å². The van der Waals surface area contributed by atoms with Crippen molar-refractivity contribution in [1.82, 2.24) is 4.90 Å². The molecule has 0 aliphatic carbocycles. The molecule has 0 spiro atoms. The van der Waals surface area contributed by atoms with E-state index in [4.69, 9.17) is 9.47 Å². The van der Waals surface area contributed by atoms with Crippen molar-refractivity contribution in [3.05, 3.63) is 60.2 Å². The molecule has 116 valence electrons. The summed E-state index contributed by atoms with van der Waals surface area (Å²) in [6, 6.07) is 17.0. The zero-order valence-corrected chi connectivity index (χ0v) is 13.2. The highest BCUT2D eigenvalue weighted by molar-refractivity contribution is 5.80. The predicted octanol–water partition coefficient (Wildman–Crippen LogP) is 3.12. The van der Waals surface area contributed by atoms with E-state index in [1.807, 2.05) is 54.6 Å². The third-order valence-electron chi connectivity index (χ3n) is 3.36. The van der Waals surface area contributed by atoms with Crippen LogP contribution in [0.25, 0.3) is 0 Å². The number of rotatable bonds is 6. The maximum Gasteiger partial charge on any atom is 0.263 e. The smallest absolute Gasteiger partial charge is 0.263 e. The van der Waals surface area contributed by atoms with E-state index in [9.17, 15) is 4.79 Å². The fourth-order valence-electron chi connectivity index (χ4n) is 2.15. The van der Waals surface area contributed by atoms with Crippen LogP contribution in [-0.4, -0.2) is 31.1 Å². The highest BCUT2D eigenvalue weighted by Crippen LogP contribution is 2.15. The standard InChI is InChI=1S/C18H21NO3/c1-14(22-17-7-5-4-6-8-17)18(20)19(2)13-15-9-11-16(21-3)12-10-15/h4-12,14H,13H2,1-3H3. The minimum absolute atomic E-state index is 0.0559. The Morgan fingerprint density at radius 1 is 1.05 bits per heavy atom. The highest BCUT2D eigenvalue weighted by atomic mass is 16.5. The monoisotopic (exact) mass is 299 g/mol. The summed E-state index contributed by atoms with van der Waals surface area (Å²) in [4.78, 5) is 14.0. The Labute approximate surface area is 131 Å². The van der Waals surface area contributed by atoms with E-state index in [-0.39, 0.29) is 5.91 Å². The van der Waals surface area contributed by atoms with Gasteiger partial charge in [0.2, 0.25) is 0 Å². The van der Waals surface area contributed by atoms with Gasteiger partial charge in [0.1, 0.15) is 11.5 Å². The summed E-state index contributed by atoms with van der Waals surface area (Å²) in [7, 11) is 3.41. The number of hydrogen-bond donors (Lipinski definition) is 0. The van der Waals surface area contributed by atoms with Crippen molar-refractivity contribution >= 4 is 5.91 Å². The molecule has 0 fully saturated rings. The molecule has 1 amide bonds. The fourth-order valence-corrected chi connectivity index (χ4v) is 2.15. The molecule has 0 saturated heterocycles. The third kappa shape index (κ3) is 4.25. The summed E-state index contributed by atoms with van der Waals surface area (Å²) >= 11 is 0. The zero-order valence-electron chi connectivity index (χ0n) is 13.2. The molecule has 1 atom stereocenters. The van der Waals surface area contributed by atoms with Crippen molar-refractivity contribution in [1.29, 1.82) is 0 Å². The first-order chi connectivity index (χ1) is 10.6. The average molecular weight is 299 g/mol. The van der Waals surface area contributed by atoms with Gasteiger partial charge in [0.25, 0.3) is 5.91 Å². The maximum absolute atomic E-state index is 12.4. The Kier molecular flexibility index (Phi) is 5.42. The quantitative estimate of drug-likeness (QED) is 0.822. The molecule has 0 heterocycles. The van der Waals surface area contributed by atoms with Crippen molar-refractivity contribution in [2.24, 2.45) is 0 Å². The molecule has 2 aromatic carbocycles. The molecule has 22 heavy (non-hydrogen) atoms. The van der Waals surface area contributed by atoms with E-state index in [1.165, 1.54) is 0 Å². The van der Waals surface area contributed by atoms with Gasteiger partial charge in [-0.2, -0.15) is 0 Å². The SMILES string of the molecule is COc1ccc(CN(C)C(=O)C(C)Oc2ccccc2)cc1. The average Bonchev–Trinajstić information content (AvgIpc) is 2.55. The van der Waals surface area contributed by atoms with E-state index in [1.54, 1.807) is 26.0 Å². The lowest BCUT2D eigenvalue weighted by Gasteiger charge is -2.22. The van der Waals surface area contributed by atoms with Crippen molar-refractivity contribution in [2.75, 3.05) is 14.2 Å². The molecule has 0 aromatic heterocycles. The van der Waals surface area contributed by atoms with Gasteiger partial charge in [0, 0.05) is 13.6 Å². The summed E-state index contributed by atoms with van der Waals surface area (Å²) in [5.41, 5.74) is 1.04. The number of hydrogen-bond acceptors (Lipinski definition) is 3. The van der Waals surface area contributed by atoms with Crippen molar-refractivity contribution in [3.63, 3.8) is 0 Å². The van der Waals surface area contributed by atoms with E-state index in [0.717, 1.165) is 11.3 Å². The number of benzene rings is 2. The molecule has 0 radical (unpaired) electrons. The molecule has 1 unspecified atom stereocenters. The van der Waals surface area contributed by atoms with Gasteiger partial charge in [-0.15, -0.1) is 0 Å². The maximum atomic E-state index is 12.4. The first kappa shape index (κ1) is 15.9. The molecule has 0 N–H and O–H groups in total. The number of carbonyl (C=O) groups is 1. The summed E-state index contributed by atoms with van der Waals surface area (Å²) in [5.74, 6) is 1.44. The number of likely N-dealkylation sites (N-methyl/N-ethyl adjacent to an activating group) is 1. The molecule has 2 rings (SSSR count). The van der Waals surface area contributed by atoms with E-state index in [2.05, 4.69) is 0 Å². The van der Waals surface area contributed by atoms with Crippen LogP contribution < -0.4 is 9.47 Å². The Balaban J connectivity index is 1.93. The van der Waals surface area contributed by atoms with Crippen LogP contribution in [0, 0.1) is 0 Å². The zero-order chi connectivity index (χ0) is 15.9. The largest absolute Gasteiger partial charge is 0.497 e. The molecule has 0 aliphatic rings. The second-order valence-corrected chi connectivity index (χ2v) is 5.12. The Bertz CT molecular complexity index is 595. The molecule has 4 heteroatoms. The minimum atomic E-state index is -0.523. The summed E-state index contributed by atoms with van der Waals surface area (Å²) in [6.07, 6.45) is -0.523. The number of carbonyl (C=O) groups excluding carboxylic acids is 1. The van der Waals surface area contributed by atoms with Crippen LogP contribution in [0.5, 0.6) is 11.5 Å². The first-order valence-electron chi connectivity index (χ1n) is 7.20. The number of amides is 1. The molecule has 2 aromatic rings. The number of para-hydroxylation sites is 1. The van der Waals surface area contributed by atoms with Crippen LogP contribution in [0.1, 0.15) is 12.5 Å². The van der Waals surface area contributed by atoms with Crippen LogP contribution in [-0.2, 0) is 11.3 Å². The second-order valence-electron chi connectivity index (χ2n) is 5.12. The lowest BCUT2D eigenvalue weighted by molar-refractivity contribution is -0.137. The summed E-state index contributed by atoms with van der Waals surface area (Å²) in [6.45, 7) is 2.30. The van der Waals surface area contributed by atoms with Gasteiger partial charge >= 0.3 is 0 Å². The van der Waals surface area contributed by atoms with E-state index < -0.39 is 6.10 Å². The van der Waals surface area contributed by atoms with Gasteiger partial charge < -0.3 is 14.4 Å². The Morgan fingerprint density at radius 3 is 2.27 bits per heavy atom. The second kappa shape index (κ2) is 7.50. The molecule has 0 saturated carbocycles. The van der Waals surface area contributed by atoms with E-state index >= 15 is 0 Å². The molecule has 0 bridgehead atoms. The predicted molar refractivity (Wildman–Crippen MR) is 86.0 cm³/mol. The van der Waals surface area contributed by atoms with Gasteiger partial charge in [-0.05, 0) is 36.8 Å². The number of ether oxygens (including phenoxy) is 2.